The summed E-state index contributed by atoms with van der Waals surface area (Å²) in [6, 6.07) is 20.4. The molecule has 0 aliphatic heterocycles. The summed E-state index contributed by atoms with van der Waals surface area (Å²) in [7, 11) is 0. The van der Waals surface area contributed by atoms with E-state index in [1.807, 2.05) is 72.9 Å². The second-order valence-corrected chi connectivity index (χ2v) is 9.23. The second-order valence-electron chi connectivity index (χ2n) is 8.79. The van der Waals surface area contributed by atoms with Crippen molar-refractivity contribution in [3.05, 3.63) is 94.9 Å². The summed E-state index contributed by atoms with van der Waals surface area (Å²) in [6.07, 6.45) is 1.82. The third-order valence-corrected chi connectivity index (χ3v) is 5.54. The molecule has 1 amide bonds. The summed E-state index contributed by atoms with van der Waals surface area (Å²) in [5, 5.41) is 12.3. The lowest BCUT2D eigenvalue weighted by Gasteiger charge is -2.23. The van der Waals surface area contributed by atoms with E-state index in [4.69, 9.17) is 26.8 Å². The van der Waals surface area contributed by atoms with Gasteiger partial charge >= 0.3 is 0 Å². The van der Waals surface area contributed by atoms with Gasteiger partial charge in [0, 0.05) is 11.2 Å². The lowest BCUT2D eigenvalue weighted by molar-refractivity contribution is -0.126. The number of pyridine rings is 1. The van der Waals surface area contributed by atoms with E-state index < -0.39 is 11.6 Å². The molecule has 0 bridgehead atoms. The number of ether oxygens (including phenoxy) is 2. The zero-order valence-corrected chi connectivity index (χ0v) is 20.4. The molecule has 0 aliphatic rings. The van der Waals surface area contributed by atoms with Crippen molar-refractivity contribution in [2.45, 2.75) is 46.1 Å². The number of fused-ring (bicyclic) bond motifs is 1. The number of carbonyl (C=O) groups is 1. The van der Waals surface area contributed by atoms with E-state index in [-0.39, 0.29) is 19.9 Å². The molecule has 1 atom stereocenters. The third kappa shape index (κ3) is 6.81. The first kappa shape index (κ1) is 27.1. The van der Waals surface area contributed by atoms with Crippen LogP contribution in [0, 0.1) is 0 Å². The van der Waals surface area contributed by atoms with Crippen LogP contribution in [0.4, 0.5) is 0 Å². The van der Waals surface area contributed by atoms with Gasteiger partial charge in [0.1, 0.15) is 12.6 Å². The minimum absolute atomic E-state index is 0. The molecule has 0 radical (unpaired) electrons. The van der Waals surface area contributed by atoms with Crippen LogP contribution in [0.25, 0.3) is 5.65 Å². The molecular formula is C27H32ClN5O3. The number of hydrogen-bond acceptors (Lipinski definition) is 6. The molecule has 0 saturated carbocycles. The fraction of sp³-hybridized carbons (Fsp3) is 0.296. The van der Waals surface area contributed by atoms with Crippen molar-refractivity contribution in [3.63, 3.8) is 0 Å². The molecule has 36 heavy (non-hydrogen) atoms. The van der Waals surface area contributed by atoms with Crippen LogP contribution in [0.2, 0.25) is 5.02 Å². The topological polar surface area (TPSA) is 104 Å². The first-order chi connectivity index (χ1) is 16.8. The molecule has 8 nitrogen and oxygen atoms in total. The summed E-state index contributed by atoms with van der Waals surface area (Å²) in [5.74, 6) is 0.746. The van der Waals surface area contributed by atoms with Crippen LogP contribution >= 0.6 is 11.6 Å². The molecular weight excluding hydrogens is 478 g/mol. The molecule has 9 heteroatoms. The van der Waals surface area contributed by atoms with Crippen LogP contribution in [-0.4, -0.2) is 32.7 Å². The monoisotopic (exact) mass is 509 g/mol. The van der Waals surface area contributed by atoms with Gasteiger partial charge in [0.2, 0.25) is 11.6 Å². The number of amides is 1. The zero-order chi connectivity index (χ0) is 24.8. The number of nitrogens with zero attached hydrogens (tertiary/aromatic N) is 3. The molecule has 0 unspecified atom stereocenters. The molecule has 4 rings (SSSR count). The Morgan fingerprint density at radius 2 is 1.81 bits per heavy atom. The number of benzene rings is 2. The van der Waals surface area contributed by atoms with Crippen molar-refractivity contribution >= 4 is 23.2 Å². The number of rotatable bonds is 10. The molecule has 2 heterocycles. The van der Waals surface area contributed by atoms with Gasteiger partial charge in [0.05, 0.1) is 18.8 Å². The van der Waals surface area contributed by atoms with Crippen LogP contribution in [0.1, 0.15) is 44.3 Å². The normalized spacial score (nSPS) is 12.1. The number of aromatic nitrogens is 3. The third-order valence-electron chi connectivity index (χ3n) is 5.31. The molecule has 3 N–H and O–H groups in total. The van der Waals surface area contributed by atoms with Gasteiger partial charge < -0.3 is 20.5 Å². The SMILES string of the molecule is C.CC(C)(N)C(=O)N[C@H](COCc1ccccc1)c1nnc2c(OCc3cccc(Cl)c3)cccn12. The summed E-state index contributed by atoms with van der Waals surface area (Å²) in [4.78, 5) is 12.7. The van der Waals surface area contributed by atoms with Gasteiger partial charge in [-0.3, -0.25) is 9.20 Å². The maximum Gasteiger partial charge on any atom is 0.240 e. The van der Waals surface area contributed by atoms with Gasteiger partial charge in [-0.1, -0.05) is 61.5 Å². The van der Waals surface area contributed by atoms with Crippen LogP contribution < -0.4 is 15.8 Å². The number of nitrogens with one attached hydrogen (secondary N) is 1. The molecule has 0 spiro atoms. The number of carbonyl (C=O) groups excluding carboxylic acids is 1. The number of halogens is 1. The number of hydrogen-bond donors (Lipinski definition) is 2. The summed E-state index contributed by atoms with van der Waals surface area (Å²) in [5.41, 5.74) is 7.44. The van der Waals surface area contributed by atoms with E-state index in [1.165, 1.54) is 0 Å². The summed E-state index contributed by atoms with van der Waals surface area (Å²) >= 11 is 6.08. The first-order valence-electron chi connectivity index (χ1n) is 11.2. The van der Waals surface area contributed by atoms with Gasteiger partial charge in [0.15, 0.2) is 11.6 Å². The molecule has 4 aromatic rings. The maximum atomic E-state index is 12.7. The minimum atomic E-state index is -1.07. The fourth-order valence-electron chi connectivity index (χ4n) is 3.44. The maximum absolute atomic E-state index is 12.7. The zero-order valence-electron chi connectivity index (χ0n) is 19.6. The van der Waals surface area contributed by atoms with Crippen molar-refractivity contribution in [1.82, 2.24) is 19.9 Å². The lowest BCUT2D eigenvalue weighted by Crippen LogP contribution is -2.50. The first-order valence-corrected chi connectivity index (χ1v) is 11.6. The van der Waals surface area contributed by atoms with Gasteiger partial charge in [-0.2, -0.15) is 0 Å². The van der Waals surface area contributed by atoms with Crippen molar-refractivity contribution in [3.8, 4) is 5.75 Å². The van der Waals surface area contributed by atoms with Crippen LogP contribution in [0.15, 0.2) is 72.9 Å². The molecule has 190 valence electrons. The van der Waals surface area contributed by atoms with Gasteiger partial charge in [-0.05, 0) is 49.2 Å². The van der Waals surface area contributed by atoms with Crippen molar-refractivity contribution in [2.75, 3.05) is 6.61 Å². The van der Waals surface area contributed by atoms with Gasteiger partial charge in [-0.15, -0.1) is 10.2 Å². The van der Waals surface area contributed by atoms with E-state index in [1.54, 1.807) is 18.2 Å². The highest BCUT2D eigenvalue weighted by Crippen LogP contribution is 2.23. The predicted octanol–water partition coefficient (Wildman–Crippen LogP) is 4.71. The highest BCUT2D eigenvalue weighted by atomic mass is 35.5. The van der Waals surface area contributed by atoms with E-state index in [2.05, 4.69) is 15.5 Å². The minimum Gasteiger partial charge on any atom is -0.485 e. The van der Waals surface area contributed by atoms with Crippen molar-refractivity contribution in [1.29, 1.82) is 0 Å². The van der Waals surface area contributed by atoms with E-state index >= 15 is 0 Å². The van der Waals surface area contributed by atoms with Gasteiger partial charge in [-0.25, -0.2) is 0 Å². The Kier molecular flexibility index (Phi) is 9.03. The molecule has 0 fully saturated rings. The average molecular weight is 510 g/mol. The molecule has 2 aromatic carbocycles. The van der Waals surface area contributed by atoms with Crippen molar-refractivity contribution < 1.29 is 14.3 Å². The summed E-state index contributed by atoms with van der Waals surface area (Å²) < 4.78 is 13.7. The smallest absolute Gasteiger partial charge is 0.240 e. The predicted molar refractivity (Wildman–Crippen MR) is 141 cm³/mol. The van der Waals surface area contributed by atoms with E-state index in [0.29, 0.717) is 35.5 Å². The Bertz CT molecular complexity index is 1290. The Morgan fingerprint density at radius 1 is 1.06 bits per heavy atom. The standard InChI is InChI=1S/C26H28ClN5O3.CH4/c1-26(2,28)25(33)29-21(17-34-15-18-8-4-3-5-9-18)23-30-31-24-22(12-7-13-32(23)24)35-16-19-10-6-11-20(27)14-19;/h3-14,21H,15-17,28H2,1-2H3,(H,29,33);1H4/t21-;/m1./s1. The van der Waals surface area contributed by atoms with Crippen LogP contribution in [0.3, 0.4) is 0 Å². The quantitative estimate of drug-likeness (QED) is 0.321. The van der Waals surface area contributed by atoms with Gasteiger partial charge in [0.25, 0.3) is 0 Å². The highest BCUT2D eigenvalue weighted by Gasteiger charge is 2.28. The largest absolute Gasteiger partial charge is 0.485 e. The van der Waals surface area contributed by atoms with E-state index in [9.17, 15) is 4.79 Å². The van der Waals surface area contributed by atoms with Crippen LogP contribution in [0.5, 0.6) is 5.75 Å². The number of nitrogens with two attached hydrogens (primary N) is 1. The molecule has 0 aliphatic carbocycles. The Balaban J connectivity index is 0.00000361. The lowest BCUT2D eigenvalue weighted by atomic mass is 10.1. The molecule has 0 saturated heterocycles. The highest BCUT2D eigenvalue weighted by molar-refractivity contribution is 6.30. The van der Waals surface area contributed by atoms with Crippen LogP contribution in [-0.2, 0) is 22.7 Å². The van der Waals surface area contributed by atoms with E-state index in [0.717, 1.165) is 11.1 Å². The Morgan fingerprint density at radius 3 is 2.53 bits per heavy atom. The Hall–Kier alpha value is -3.46. The fourth-order valence-corrected chi connectivity index (χ4v) is 3.65. The Labute approximate surface area is 216 Å². The summed E-state index contributed by atoms with van der Waals surface area (Å²) in [6.45, 7) is 4.20. The molecule has 2 aromatic heterocycles. The average Bonchev–Trinajstić information content (AvgIpc) is 3.27. The van der Waals surface area contributed by atoms with Crippen molar-refractivity contribution in [2.24, 2.45) is 5.73 Å². The second kappa shape index (κ2) is 12.0.